The van der Waals surface area contributed by atoms with E-state index in [9.17, 15) is 19.6 Å². The Morgan fingerprint density at radius 1 is 1.03 bits per heavy atom. The van der Waals surface area contributed by atoms with E-state index in [0.717, 1.165) is 0 Å². The molecule has 166 valence electrons. The summed E-state index contributed by atoms with van der Waals surface area (Å²) in [5, 5.41) is 17.3. The molecule has 0 bridgehead atoms. The summed E-state index contributed by atoms with van der Waals surface area (Å²) in [4.78, 5) is 35.1. The van der Waals surface area contributed by atoms with Crippen LogP contribution in [0.3, 0.4) is 0 Å². The van der Waals surface area contributed by atoms with Crippen LogP contribution in [0, 0.1) is 11.3 Å². The highest BCUT2D eigenvalue weighted by Gasteiger charge is 2.12. The van der Waals surface area contributed by atoms with Crippen molar-refractivity contribution in [1.82, 2.24) is 5.32 Å². The molecule has 0 aromatic heterocycles. The first kappa shape index (κ1) is 24.0. The van der Waals surface area contributed by atoms with Crippen molar-refractivity contribution in [2.75, 3.05) is 30.9 Å². The van der Waals surface area contributed by atoms with Gasteiger partial charge in [-0.05, 0) is 55.0 Å². The van der Waals surface area contributed by atoms with E-state index in [0.29, 0.717) is 35.0 Å². The van der Waals surface area contributed by atoms with Crippen molar-refractivity contribution >= 4 is 35.2 Å². The number of amides is 3. The highest BCUT2D eigenvalue weighted by Crippen LogP contribution is 2.29. The summed E-state index contributed by atoms with van der Waals surface area (Å²) in [6, 6.07) is 13.2. The molecule has 0 aliphatic rings. The Labute approximate surface area is 186 Å². The molecule has 3 amide bonds. The van der Waals surface area contributed by atoms with Crippen molar-refractivity contribution in [3.63, 3.8) is 0 Å². The number of nitriles is 1. The predicted octanol–water partition coefficient (Wildman–Crippen LogP) is 2.71. The number of nitrogens with zero attached hydrogens (tertiary/aromatic N) is 1. The predicted molar refractivity (Wildman–Crippen MR) is 120 cm³/mol. The van der Waals surface area contributed by atoms with Gasteiger partial charge in [-0.1, -0.05) is 6.07 Å². The van der Waals surface area contributed by atoms with Gasteiger partial charge in [-0.3, -0.25) is 14.4 Å². The summed E-state index contributed by atoms with van der Waals surface area (Å²) in [5.74, 6) is -0.331. The van der Waals surface area contributed by atoms with Crippen LogP contribution in [0.25, 0.3) is 6.08 Å². The Hall–Kier alpha value is -4.32. The molecule has 32 heavy (non-hydrogen) atoms. The maximum atomic E-state index is 12.5. The van der Waals surface area contributed by atoms with Crippen LogP contribution in [0.1, 0.15) is 19.4 Å². The van der Waals surface area contributed by atoms with Crippen molar-refractivity contribution in [3.05, 3.63) is 53.6 Å². The molecular weight excluding hydrogens is 412 g/mol. The van der Waals surface area contributed by atoms with Crippen LogP contribution < -0.4 is 25.4 Å². The van der Waals surface area contributed by atoms with E-state index in [-0.39, 0.29) is 24.0 Å². The molecule has 0 atom stereocenters. The maximum Gasteiger partial charge on any atom is 0.266 e. The first-order chi connectivity index (χ1) is 15.4. The van der Waals surface area contributed by atoms with Gasteiger partial charge in [0, 0.05) is 24.8 Å². The van der Waals surface area contributed by atoms with Crippen LogP contribution in [-0.4, -0.2) is 38.0 Å². The average molecular weight is 436 g/mol. The zero-order valence-corrected chi connectivity index (χ0v) is 18.0. The fourth-order valence-corrected chi connectivity index (χ4v) is 2.64. The Kier molecular flexibility index (Phi) is 8.80. The number of anilines is 2. The van der Waals surface area contributed by atoms with Crippen molar-refractivity contribution in [2.24, 2.45) is 0 Å². The van der Waals surface area contributed by atoms with Gasteiger partial charge in [-0.15, -0.1) is 0 Å². The summed E-state index contributed by atoms with van der Waals surface area (Å²) in [5.41, 5.74) is 1.49. The summed E-state index contributed by atoms with van der Waals surface area (Å²) in [6.07, 6.45) is 1.41. The second-order valence-corrected chi connectivity index (χ2v) is 6.53. The van der Waals surface area contributed by atoms with E-state index in [1.807, 2.05) is 13.0 Å². The normalized spacial score (nSPS) is 10.5. The number of likely N-dealkylation sites (N-methyl/N-ethyl adjacent to an activating group) is 1. The Balaban J connectivity index is 2.12. The first-order valence-corrected chi connectivity index (χ1v) is 9.74. The lowest BCUT2D eigenvalue weighted by molar-refractivity contribution is -0.123. The van der Waals surface area contributed by atoms with E-state index in [2.05, 4.69) is 16.0 Å². The molecule has 9 heteroatoms. The second-order valence-electron chi connectivity index (χ2n) is 6.53. The van der Waals surface area contributed by atoms with E-state index in [4.69, 9.17) is 9.47 Å². The third-order valence-corrected chi connectivity index (χ3v) is 4.06. The number of rotatable bonds is 9. The van der Waals surface area contributed by atoms with Crippen LogP contribution in [0.2, 0.25) is 0 Å². The highest BCUT2D eigenvalue weighted by molar-refractivity contribution is 6.09. The topological polar surface area (TPSA) is 130 Å². The monoisotopic (exact) mass is 436 g/mol. The molecular formula is C23H24N4O5. The fraction of sp³-hybridized carbons (Fsp3) is 0.217. The third-order valence-electron chi connectivity index (χ3n) is 4.06. The number of nitrogens with one attached hydrogen (secondary N) is 3. The third kappa shape index (κ3) is 7.18. The number of hydrogen-bond donors (Lipinski definition) is 3. The first-order valence-electron chi connectivity index (χ1n) is 9.74. The minimum absolute atomic E-state index is 0.117. The molecule has 2 aromatic carbocycles. The smallest absolute Gasteiger partial charge is 0.266 e. The number of carbonyl (C=O) groups is 3. The van der Waals surface area contributed by atoms with Gasteiger partial charge in [-0.25, -0.2) is 0 Å². The number of methoxy groups -OCH3 is 1. The van der Waals surface area contributed by atoms with Gasteiger partial charge in [0.05, 0.1) is 7.11 Å². The minimum atomic E-state index is -0.588. The van der Waals surface area contributed by atoms with Crippen molar-refractivity contribution in [3.8, 4) is 17.6 Å². The zero-order chi connectivity index (χ0) is 23.5. The molecule has 3 N–H and O–H groups in total. The van der Waals surface area contributed by atoms with E-state index >= 15 is 0 Å². The van der Waals surface area contributed by atoms with Crippen LogP contribution in [-0.2, 0) is 14.4 Å². The lowest BCUT2D eigenvalue weighted by Gasteiger charge is -2.11. The van der Waals surface area contributed by atoms with Crippen molar-refractivity contribution in [1.29, 1.82) is 5.26 Å². The van der Waals surface area contributed by atoms with Crippen molar-refractivity contribution in [2.45, 2.75) is 13.8 Å². The Bertz CT molecular complexity index is 1060. The molecule has 0 aliphatic carbocycles. The van der Waals surface area contributed by atoms with Crippen LogP contribution in [0.5, 0.6) is 11.5 Å². The molecule has 0 heterocycles. The summed E-state index contributed by atoms with van der Waals surface area (Å²) < 4.78 is 10.7. The van der Waals surface area contributed by atoms with Gasteiger partial charge in [0.25, 0.3) is 11.8 Å². The van der Waals surface area contributed by atoms with Gasteiger partial charge in [0.15, 0.2) is 18.1 Å². The highest BCUT2D eigenvalue weighted by atomic mass is 16.5. The van der Waals surface area contributed by atoms with E-state index < -0.39 is 5.91 Å². The molecule has 0 aliphatic heterocycles. The number of ether oxygens (including phenoxy) is 2. The van der Waals surface area contributed by atoms with Gasteiger partial charge in [-0.2, -0.15) is 5.26 Å². The summed E-state index contributed by atoms with van der Waals surface area (Å²) >= 11 is 0. The Morgan fingerprint density at radius 3 is 2.25 bits per heavy atom. The molecule has 0 unspecified atom stereocenters. The largest absolute Gasteiger partial charge is 0.493 e. The lowest BCUT2D eigenvalue weighted by Crippen LogP contribution is -2.28. The minimum Gasteiger partial charge on any atom is -0.493 e. The quantitative estimate of drug-likeness (QED) is 0.409. The lowest BCUT2D eigenvalue weighted by atomic mass is 10.1. The Morgan fingerprint density at radius 2 is 1.69 bits per heavy atom. The number of carbonyl (C=O) groups excluding carboxylic acids is 3. The van der Waals surface area contributed by atoms with Crippen LogP contribution in [0.15, 0.2) is 48.0 Å². The number of benzene rings is 2. The van der Waals surface area contributed by atoms with E-state index in [1.165, 1.54) is 20.1 Å². The van der Waals surface area contributed by atoms with Crippen LogP contribution in [0.4, 0.5) is 11.4 Å². The maximum absolute atomic E-state index is 12.5. The van der Waals surface area contributed by atoms with Gasteiger partial charge < -0.3 is 25.4 Å². The van der Waals surface area contributed by atoms with Gasteiger partial charge in [0.2, 0.25) is 5.91 Å². The molecule has 2 aromatic rings. The molecule has 0 fully saturated rings. The molecule has 9 nitrogen and oxygen atoms in total. The standard InChI is InChI=1S/C23H24N4O5/c1-4-25-22(29)14-32-20-10-5-16(12-21(20)31-3)11-17(13-24)23(30)27-19-8-6-18(7-9-19)26-15(2)28/h5-12H,4,14H2,1-3H3,(H,25,29)(H,26,28)(H,27,30)/b17-11+. The van der Waals surface area contributed by atoms with Gasteiger partial charge >= 0.3 is 0 Å². The molecule has 0 saturated carbocycles. The van der Waals surface area contributed by atoms with E-state index in [1.54, 1.807) is 42.5 Å². The average Bonchev–Trinajstić information content (AvgIpc) is 2.77. The zero-order valence-electron chi connectivity index (χ0n) is 18.0. The second kappa shape index (κ2) is 11.8. The SMILES string of the molecule is CCNC(=O)COc1ccc(/C=C(\C#N)C(=O)Nc2ccc(NC(C)=O)cc2)cc1OC. The molecule has 0 spiro atoms. The van der Waals surface area contributed by atoms with Crippen LogP contribution >= 0.6 is 0 Å². The van der Waals surface area contributed by atoms with Gasteiger partial charge in [0.1, 0.15) is 11.6 Å². The molecule has 0 radical (unpaired) electrons. The van der Waals surface area contributed by atoms with Crippen molar-refractivity contribution < 1.29 is 23.9 Å². The number of hydrogen-bond acceptors (Lipinski definition) is 6. The molecule has 2 rings (SSSR count). The fourth-order valence-electron chi connectivity index (χ4n) is 2.64. The summed E-state index contributed by atoms with van der Waals surface area (Å²) in [6.45, 7) is 3.55. The molecule has 0 saturated heterocycles. The summed E-state index contributed by atoms with van der Waals surface area (Å²) in [7, 11) is 1.45.